The van der Waals surface area contributed by atoms with Gasteiger partial charge in [0.2, 0.25) is 0 Å². The van der Waals surface area contributed by atoms with E-state index in [2.05, 4.69) is 6.58 Å². The molecule has 2 rings (SSSR count). The van der Waals surface area contributed by atoms with E-state index >= 15 is 0 Å². The molecule has 2 aromatic carbocycles. The van der Waals surface area contributed by atoms with Gasteiger partial charge in [-0.2, -0.15) is 0 Å². The molecule has 4 heteroatoms. The van der Waals surface area contributed by atoms with E-state index in [1.54, 1.807) is 6.08 Å². The van der Waals surface area contributed by atoms with E-state index in [9.17, 15) is 9.90 Å². The van der Waals surface area contributed by atoms with Crippen LogP contribution in [0.2, 0.25) is 5.02 Å². The zero-order chi connectivity index (χ0) is 15.2. The van der Waals surface area contributed by atoms with Crippen molar-refractivity contribution in [3.63, 3.8) is 0 Å². The number of hydrogen-bond donors (Lipinski definition) is 1. The van der Waals surface area contributed by atoms with E-state index in [0.29, 0.717) is 5.56 Å². The third-order valence-corrected chi connectivity index (χ3v) is 3.39. The molecule has 0 radical (unpaired) electrons. The molecule has 2 aromatic rings. The molecule has 0 saturated heterocycles. The third-order valence-electron chi connectivity index (χ3n) is 3.09. The van der Waals surface area contributed by atoms with Gasteiger partial charge in [0.15, 0.2) is 0 Å². The van der Waals surface area contributed by atoms with Crippen molar-refractivity contribution < 1.29 is 14.6 Å². The summed E-state index contributed by atoms with van der Waals surface area (Å²) in [6, 6.07) is 13.9. The highest BCUT2D eigenvalue weighted by Crippen LogP contribution is 2.24. The molecule has 3 nitrogen and oxygen atoms in total. The molecule has 0 saturated carbocycles. The lowest BCUT2D eigenvalue weighted by Gasteiger charge is -2.13. The lowest BCUT2D eigenvalue weighted by atomic mass is 10.0. The van der Waals surface area contributed by atoms with Crippen molar-refractivity contribution in [1.29, 1.82) is 0 Å². The van der Waals surface area contributed by atoms with Crippen LogP contribution < -0.4 is 0 Å². The van der Waals surface area contributed by atoms with Crippen LogP contribution in [0.1, 0.15) is 21.8 Å². The molecule has 0 amide bonds. The topological polar surface area (TPSA) is 46.5 Å². The molecule has 1 atom stereocenters. The quantitative estimate of drug-likeness (QED) is 0.666. The first-order valence-electron chi connectivity index (χ1n) is 6.45. The Morgan fingerprint density at radius 1 is 1.29 bits per heavy atom. The zero-order valence-electron chi connectivity index (χ0n) is 11.3. The van der Waals surface area contributed by atoms with Gasteiger partial charge in [-0.3, -0.25) is 0 Å². The fourth-order valence-electron chi connectivity index (χ4n) is 1.88. The molecule has 0 spiro atoms. The maximum Gasteiger partial charge on any atom is 0.338 e. The molecule has 0 fully saturated rings. The number of carbonyl (C=O) groups is 1. The normalized spacial score (nSPS) is 11.7. The van der Waals surface area contributed by atoms with E-state index in [1.807, 2.05) is 30.3 Å². The van der Waals surface area contributed by atoms with E-state index in [1.165, 1.54) is 18.2 Å². The molecule has 0 bridgehead atoms. The number of aromatic hydroxyl groups is 1. The van der Waals surface area contributed by atoms with Gasteiger partial charge in [-0.1, -0.05) is 48.0 Å². The van der Waals surface area contributed by atoms with Gasteiger partial charge in [-0.25, -0.2) is 4.79 Å². The average molecular weight is 303 g/mol. The van der Waals surface area contributed by atoms with Crippen molar-refractivity contribution >= 4 is 17.6 Å². The Morgan fingerprint density at radius 3 is 2.62 bits per heavy atom. The Hall–Kier alpha value is -2.26. The summed E-state index contributed by atoms with van der Waals surface area (Å²) in [5.41, 5.74) is 1.33. The van der Waals surface area contributed by atoms with Crippen LogP contribution in [-0.2, 0) is 4.74 Å². The summed E-state index contributed by atoms with van der Waals surface area (Å²) < 4.78 is 5.28. The van der Waals surface area contributed by atoms with E-state index < -0.39 is 5.97 Å². The summed E-state index contributed by atoms with van der Waals surface area (Å²) in [4.78, 5) is 12.0. The van der Waals surface area contributed by atoms with Crippen molar-refractivity contribution in [2.75, 3.05) is 6.61 Å². The molecule has 0 heterocycles. The molecule has 0 aliphatic rings. The smallest absolute Gasteiger partial charge is 0.338 e. The van der Waals surface area contributed by atoms with Gasteiger partial charge < -0.3 is 9.84 Å². The number of hydrogen-bond acceptors (Lipinski definition) is 3. The standard InChI is InChI=1S/C17H15ClO3/c1-2-12(13-6-4-3-5-7-13)11-21-17(20)14-8-9-16(19)15(18)10-14/h2-10,12,19H,1,11H2. The molecule has 0 aromatic heterocycles. The molecule has 21 heavy (non-hydrogen) atoms. The summed E-state index contributed by atoms with van der Waals surface area (Å²) >= 11 is 5.77. The second-order valence-electron chi connectivity index (χ2n) is 4.52. The summed E-state index contributed by atoms with van der Waals surface area (Å²) in [6.07, 6.45) is 1.74. The fraction of sp³-hybridized carbons (Fsp3) is 0.118. The van der Waals surface area contributed by atoms with Gasteiger partial charge in [0.25, 0.3) is 0 Å². The zero-order valence-corrected chi connectivity index (χ0v) is 12.1. The lowest BCUT2D eigenvalue weighted by Crippen LogP contribution is -2.11. The van der Waals surface area contributed by atoms with Crippen molar-refractivity contribution in [3.8, 4) is 5.75 Å². The number of rotatable bonds is 5. The Bertz CT molecular complexity index is 638. The summed E-state index contributed by atoms with van der Waals surface area (Å²) in [5.74, 6) is -0.621. The Kier molecular flexibility index (Phi) is 5.01. The van der Waals surface area contributed by atoms with Gasteiger partial charge in [0.05, 0.1) is 10.6 Å². The summed E-state index contributed by atoms with van der Waals surface area (Å²) in [6.45, 7) is 3.97. The third kappa shape index (κ3) is 3.86. The van der Waals surface area contributed by atoms with Gasteiger partial charge in [-0.05, 0) is 23.8 Å². The maximum atomic E-state index is 12.0. The molecular weight excluding hydrogens is 288 g/mol. The van der Waals surface area contributed by atoms with E-state index in [0.717, 1.165) is 5.56 Å². The van der Waals surface area contributed by atoms with Gasteiger partial charge >= 0.3 is 5.97 Å². The maximum absolute atomic E-state index is 12.0. The minimum absolute atomic E-state index is 0.0669. The molecule has 0 aliphatic heterocycles. The largest absolute Gasteiger partial charge is 0.506 e. The van der Waals surface area contributed by atoms with Crippen molar-refractivity contribution in [3.05, 3.63) is 77.3 Å². The van der Waals surface area contributed by atoms with Crippen molar-refractivity contribution in [2.24, 2.45) is 0 Å². The average Bonchev–Trinajstić information content (AvgIpc) is 2.51. The van der Waals surface area contributed by atoms with Crippen LogP contribution in [-0.4, -0.2) is 17.7 Å². The Balaban J connectivity index is 2.02. The fourth-order valence-corrected chi connectivity index (χ4v) is 2.06. The monoisotopic (exact) mass is 302 g/mol. The molecule has 108 valence electrons. The van der Waals surface area contributed by atoms with Crippen LogP contribution >= 0.6 is 11.6 Å². The van der Waals surface area contributed by atoms with Gasteiger partial charge in [-0.15, -0.1) is 6.58 Å². The second kappa shape index (κ2) is 6.95. The SMILES string of the molecule is C=CC(COC(=O)c1ccc(O)c(Cl)c1)c1ccccc1. The molecule has 1 N–H and O–H groups in total. The lowest BCUT2D eigenvalue weighted by molar-refractivity contribution is 0.0494. The van der Waals surface area contributed by atoms with Crippen LogP contribution in [0.25, 0.3) is 0 Å². The minimum Gasteiger partial charge on any atom is -0.506 e. The van der Waals surface area contributed by atoms with Crippen molar-refractivity contribution in [1.82, 2.24) is 0 Å². The number of ether oxygens (including phenoxy) is 1. The number of esters is 1. The summed E-state index contributed by atoms with van der Waals surface area (Å²) in [5, 5.41) is 9.45. The number of benzene rings is 2. The predicted molar refractivity (Wildman–Crippen MR) is 82.8 cm³/mol. The summed E-state index contributed by atoms with van der Waals surface area (Å²) in [7, 11) is 0. The number of phenolic OH excluding ortho intramolecular Hbond substituents is 1. The number of phenols is 1. The van der Waals surface area contributed by atoms with Crippen LogP contribution in [0.4, 0.5) is 0 Å². The Morgan fingerprint density at radius 2 is 2.00 bits per heavy atom. The predicted octanol–water partition coefficient (Wildman–Crippen LogP) is 4.17. The second-order valence-corrected chi connectivity index (χ2v) is 4.92. The number of carbonyl (C=O) groups excluding carboxylic acids is 1. The first-order chi connectivity index (χ1) is 10.1. The first-order valence-corrected chi connectivity index (χ1v) is 6.82. The van der Waals surface area contributed by atoms with Crippen molar-refractivity contribution in [2.45, 2.75) is 5.92 Å². The van der Waals surface area contributed by atoms with Crippen LogP contribution in [0.3, 0.4) is 0 Å². The minimum atomic E-state index is -0.486. The number of halogens is 1. The van der Waals surface area contributed by atoms with Gasteiger partial charge in [0.1, 0.15) is 12.4 Å². The first kappa shape index (κ1) is 15.1. The highest BCUT2D eigenvalue weighted by molar-refractivity contribution is 6.32. The van der Waals surface area contributed by atoms with Gasteiger partial charge in [0, 0.05) is 5.92 Å². The molecule has 1 unspecified atom stereocenters. The van der Waals surface area contributed by atoms with E-state index in [-0.39, 0.29) is 23.3 Å². The van der Waals surface area contributed by atoms with Crippen LogP contribution in [0.5, 0.6) is 5.75 Å². The van der Waals surface area contributed by atoms with Crippen LogP contribution in [0, 0.1) is 0 Å². The molecular formula is C17H15ClO3. The van der Waals surface area contributed by atoms with E-state index in [4.69, 9.17) is 16.3 Å². The van der Waals surface area contributed by atoms with Crippen LogP contribution in [0.15, 0.2) is 61.2 Å². The Labute approximate surface area is 128 Å². The highest BCUT2D eigenvalue weighted by atomic mass is 35.5. The molecule has 0 aliphatic carbocycles. The highest BCUT2D eigenvalue weighted by Gasteiger charge is 2.13.